The van der Waals surface area contributed by atoms with E-state index in [-0.39, 0.29) is 11.6 Å². The van der Waals surface area contributed by atoms with Gasteiger partial charge in [-0.2, -0.15) is 0 Å². The molecule has 0 aromatic heterocycles. The molecular weight excluding hydrogens is 226 g/mol. The van der Waals surface area contributed by atoms with Crippen LogP contribution in [0.1, 0.15) is 19.4 Å². The summed E-state index contributed by atoms with van der Waals surface area (Å²) in [6, 6.07) is 8.08. The maximum absolute atomic E-state index is 12.0. The van der Waals surface area contributed by atoms with Gasteiger partial charge in [-0.1, -0.05) is 18.2 Å². The molecule has 2 amide bonds. The van der Waals surface area contributed by atoms with Gasteiger partial charge in [0.15, 0.2) is 0 Å². The topological polar surface area (TPSA) is 49.6 Å². The molecule has 4 nitrogen and oxygen atoms in total. The molecule has 1 saturated heterocycles. The summed E-state index contributed by atoms with van der Waals surface area (Å²) < 4.78 is 0. The van der Waals surface area contributed by atoms with Gasteiger partial charge in [0.2, 0.25) is 0 Å². The third-order valence-electron chi connectivity index (χ3n) is 3.14. The van der Waals surface area contributed by atoms with Crippen LogP contribution < -0.4 is 10.6 Å². The van der Waals surface area contributed by atoms with Crippen molar-refractivity contribution in [2.75, 3.05) is 25.0 Å². The monoisotopic (exact) mass is 247 g/mol. The second-order valence-electron chi connectivity index (χ2n) is 5.65. The molecule has 0 aliphatic carbocycles. The van der Waals surface area contributed by atoms with E-state index in [2.05, 4.69) is 6.07 Å². The number of carbonyl (C=O) groups excluding carboxylic acids is 1. The van der Waals surface area contributed by atoms with Crippen molar-refractivity contribution in [3.8, 4) is 0 Å². The zero-order valence-corrected chi connectivity index (χ0v) is 11.3. The van der Waals surface area contributed by atoms with Crippen molar-refractivity contribution >= 4 is 11.7 Å². The fourth-order valence-electron chi connectivity index (χ4n) is 2.29. The Kier molecular flexibility index (Phi) is 3.30. The van der Waals surface area contributed by atoms with Crippen molar-refractivity contribution in [1.29, 1.82) is 0 Å². The first-order valence-electron chi connectivity index (χ1n) is 6.28. The van der Waals surface area contributed by atoms with E-state index in [1.54, 1.807) is 4.90 Å². The molecule has 1 aromatic carbocycles. The Balaban J connectivity index is 2.31. The minimum absolute atomic E-state index is 0.0669. The summed E-state index contributed by atoms with van der Waals surface area (Å²) in [6.45, 7) is 5.53. The smallest absolute Gasteiger partial charge is 0.324 e. The molecule has 1 aliphatic rings. The van der Waals surface area contributed by atoms with E-state index in [9.17, 15) is 4.79 Å². The number of amides is 2. The average Bonchev–Trinajstić information content (AvgIpc) is 2.59. The van der Waals surface area contributed by atoms with Crippen LogP contribution in [0.5, 0.6) is 0 Å². The van der Waals surface area contributed by atoms with Crippen molar-refractivity contribution in [3.63, 3.8) is 0 Å². The van der Waals surface area contributed by atoms with Crippen LogP contribution in [0.2, 0.25) is 0 Å². The maximum Gasteiger partial charge on any atom is 0.324 e. The Labute approximate surface area is 108 Å². The molecule has 98 valence electrons. The minimum atomic E-state index is -0.273. The molecule has 18 heavy (non-hydrogen) atoms. The molecule has 4 heteroatoms. The first kappa shape index (κ1) is 12.9. The summed E-state index contributed by atoms with van der Waals surface area (Å²) in [6.07, 6.45) is 0.761. The van der Waals surface area contributed by atoms with E-state index < -0.39 is 0 Å². The van der Waals surface area contributed by atoms with Gasteiger partial charge in [-0.25, -0.2) is 4.79 Å². The molecule has 2 rings (SSSR count). The lowest BCUT2D eigenvalue weighted by atomic mass is 9.95. The highest BCUT2D eigenvalue weighted by molar-refractivity contribution is 5.94. The van der Waals surface area contributed by atoms with Gasteiger partial charge >= 0.3 is 6.03 Å². The third kappa shape index (κ3) is 2.64. The summed E-state index contributed by atoms with van der Waals surface area (Å²) in [5, 5.41) is 0. The first-order chi connectivity index (χ1) is 8.38. The van der Waals surface area contributed by atoms with Gasteiger partial charge in [0.25, 0.3) is 0 Å². The molecule has 1 aromatic rings. The van der Waals surface area contributed by atoms with E-state index in [4.69, 9.17) is 5.73 Å². The van der Waals surface area contributed by atoms with Crippen LogP contribution >= 0.6 is 0 Å². The van der Waals surface area contributed by atoms with Crippen LogP contribution in [0, 0.1) is 0 Å². The predicted molar refractivity (Wildman–Crippen MR) is 73.8 cm³/mol. The zero-order valence-electron chi connectivity index (χ0n) is 11.3. The van der Waals surface area contributed by atoms with Crippen molar-refractivity contribution in [2.45, 2.75) is 25.8 Å². The molecule has 0 radical (unpaired) electrons. The lowest BCUT2D eigenvalue weighted by Crippen LogP contribution is -2.36. The third-order valence-corrected chi connectivity index (χ3v) is 3.14. The Hall–Kier alpha value is -1.55. The van der Waals surface area contributed by atoms with Crippen LogP contribution in [-0.4, -0.2) is 36.6 Å². The number of anilines is 1. The minimum Gasteiger partial charge on any atom is -0.326 e. The molecule has 0 unspecified atom stereocenters. The lowest BCUT2D eigenvalue weighted by molar-refractivity contribution is 0.229. The largest absolute Gasteiger partial charge is 0.326 e. The molecule has 0 bridgehead atoms. The fraction of sp³-hybridized carbons (Fsp3) is 0.500. The van der Waals surface area contributed by atoms with Crippen LogP contribution in [0.15, 0.2) is 24.3 Å². The van der Waals surface area contributed by atoms with Crippen LogP contribution in [0.25, 0.3) is 0 Å². The Morgan fingerprint density at radius 3 is 2.50 bits per heavy atom. The van der Waals surface area contributed by atoms with Crippen molar-refractivity contribution in [3.05, 3.63) is 29.8 Å². The van der Waals surface area contributed by atoms with E-state index in [0.717, 1.165) is 30.8 Å². The van der Waals surface area contributed by atoms with Gasteiger partial charge in [0, 0.05) is 31.4 Å². The van der Waals surface area contributed by atoms with E-state index in [0.29, 0.717) is 0 Å². The maximum atomic E-state index is 12.0. The molecule has 0 atom stereocenters. The van der Waals surface area contributed by atoms with Gasteiger partial charge in [-0.15, -0.1) is 0 Å². The second-order valence-corrected chi connectivity index (χ2v) is 5.65. The highest BCUT2D eigenvalue weighted by Gasteiger charge is 2.28. The summed E-state index contributed by atoms with van der Waals surface area (Å²) in [5.74, 6) is 0. The SMILES string of the molecule is CN1CCN(c2ccccc2CC(C)(C)N)C1=O. The summed E-state index contributed by atoms with van der Waals surface area (Å²) in [4.78, 5) is 15.6. The zero-order chi connectivity index (χ0) is 13.3. The number of hydrogen-bond donors (Lipinski definition) is 1. The van der Waals surface area contributed by atoms with Crippen LogP contribution in [0.3, 0.4) is 0 Å². The van der Waals surface area contributed by atoms with Gasteiger partial charge in [0.05, 0.1) is 0 Å². The van der Waals surface area contributed by atoms with Crippen LogP contribution in [-0.2, 0) is 6.42 Å². The van der Waals surface area contributed by atoms with E-state index >= 15 is 0 Å². The predicted octanol–water partition coefficient (Wildman–Crippen LogP) is 1.84. The highest BCUT2D eigenvalue weighted by Crippen LogP contribution is 2.26. The van der Waals surface area contributed by atoms with Gasteiger partial charge < -0.3 is 10.6 Å². The molecule has 1 aliphatic heterocycles. The van der Waals surface area contributed by atoms with Crippen LogP contribution in [0.4, 0.5) is 10.5 Å². The molecule has 0 spiro atoms. The number of nitrogens with zero attached hydrogens (tertiary/aromatic N) is 2. The lowest BCUT2D eigenvalue weighted by Gasteiger charge is -2.24. The average molecular weight is 247 g/mol. The first-order valence-corrected chi connectivity index (χ1v) is 6.28. The molecular formula is C14H21N3O. The molecule has 2 N–H and O–H groups in total. The van der Waals surface area contributed by atoms with Crippen molar-refractivity contribution in [2.24, 2.45) is 5.73 Å². The number of hydrogen-bond acceptors (Lipinski definition) is 2. The van der Waals surface area contributed by atoms with Gasteiger partial charge in [-0.05, 0) is 31.9 Å². The molecule has 1 heterocycles. The number of nitrogens with two attached hydrogens (primary N) is 1. The van der Waals surface area contributed by atoms with Crippen molar-refractivity contribution < 1.29 is 4.79 Å². The Morgan fingerprint density at radius 1 is 1.28 bits per heavy atom. The number of carbonyl (C=O) groups is 1. The second kappa shape index (κ2) is 4.61. The van der Waals surface area contributed by atoms with Crippen molar-refractivity contribution in [1.82, 2.24) is 4.90 Å². The van der Waals surface area contributed by atoms with Gasteiger partial charge in [-0.3, -0.25) is 4.90 Å². The molecule has 1 fully saturated rings. The number of rotatable bonds is 3. The standard InChI is InChI=1S/C14H21N3O/c1-14(2,15)10-11-6-4-5-7-12(11)17-9-8-16(3)13(17)18/h4-7H,8-10,15H2,1-3H3. The quantitative estimate of drug-likeness (QED) is 0.886. The van der Waals surface area contributed by atoms with Gasteiger partial charge in [0.1, 0.15) is 0 Å². The fourth-order valence-corrected chi connectivity index (χ4v) is 2.29. The van der Waals surface area contributed by atoms with E-state index in [1.165, 1.54) is 0 Å². The molecule has 0 saturated carbocycles. The Morgan fingerprint density at radius 2 is 1.94 bits per heavy atom. The summed E-state index contributed by atoms with van der Waals surface area (Å²) >= 11 is 0. The summed E-state index contributed by atoms with van der Waals surface area (Å²) in [7, 11) is 1.83. The number of urea groups is 1. The highest BCUT2D eigenvalue weighted by atomic mass is 16.2. The normalized spacial score (nSPS) is 16.6. The summed E-state index contributed by atoms with van der Waals surface area (Å²) in [5.41, 5.74) is 7.93. The number of benzene rings is 1. The van der Waals surface area contributed by atoms with E-state index in [1.807, 2.05) is 44.0 Å². The number of para-hydroxylation sites is 1. The number of likely N-dealkylation sites (N-methyl/N-ethyl adjacent to an activating group) is 1. The Bertz CT molecular complexity index is 451.